The van der Waals surface area contributed by atoms with E-state index in [9.17, 15) is 4.79 Å². The lowest BCUT2D eigenvalue weighted by molar-refractivity contribution is -0.111. The molecule has 0 amide bonds. The Morgan fingerprint density at radius 1 is 1.50 bits per heavy atom. The van der Waals surface area contributed by atoms with Crippen molar-refractivity contribution in [2.24, 2.45) is 0 Å². The normalized spacial score (nSPS) is 13.1. The van der Waals surface area contributed by atoms with Crippen molar-refractivity contribution in [3.8, 4) is 0 Å². The van der Waals surface area contributed by atoms with E-state index in [0.717, 1.165) is 12.8 Å². The maximum Gasteiger partial charge on any atom is 0.221 e. The van der Waals surface area contributed by atoms with Gasteiger partial charge >= 0.3 is 0 Å². The molecule has 0 aliphatic heterocycles. The van der Waals surface area contributed by atoms with Crippen molar-refractivity contribution in [2.45, 2.75) is 38.0 Å². The highest BCUT2D eigenvalue weighted by Crippen LogP contribution is 2.12. The van der Waals surface area contributed by atoms with Crippen LogP contribution >= 0.6 is 23.2 Å². The summed E-state index contributed by atoms with van der Waals surface area (Å²) < 4.78 is 0. The molecular formula is C7H12Cl2O. The summed E-state index contributed by atoms with van der Waals surface area (Å²) in [5, 5.41) is -0.172. The number of rotatable bonds is 5. The van der Waals surface area contributed by atoms with Crippen molar-refractivity contribution in [1.29, 1.82) is 0 Å². The number of hydrogen-bond acceptors (Lipinski definition) is 1. The first-order chi connectivity index (χ1) is 4.66. The van der Waals surface area contributed by atoms with Crippen LogP contribution in [0, 0.1) is 0 Å². The van der Waals surface area contributed by atoms with Crippen LogP contribution in [0.4, 0.5) is 0 Å². The van der Waals surface area contributed by atoms with Crippen LogP contribution < -0.4 is 0 Å². The second-order valence-corrected chi connectivity index (χ2v) is 3.32. The smallest absolute Gasteiger partial charge is 0.221 e. The van der Waals surface area contributed by atoms with Gasteiger partial charge in [0.15, 0.2) is 0 Å². The third-order valence-electron chi connectivity index (χ3n) is 1.26. The Morgan fingerprint density at radius 3 is 2.50 bits per heavy atom. The Balaban J connectivity index is 3.21. The summed E-state index contributed by atoms with van der Waals surface area (Å²) >= 11 is 10.9. The molecule has 0 aromatic rings. The van der Waals surface area contributed by atoms with Crippen molar-refractivity contribution in [3.63, 3.8) is 0 Å². The van der Waals surface area contributed by atoms with Crippen LogP contribution in [0.25, 0.3) is 0 Å². The fourth-order valence-corrected chi connectivity index (χ4v) is 1.16. The van der Waals surface area contributed by atoms with E-state index >= 15 is 0 Å². The molecule has 0 rings (SSSR count). The average Bonchev–Trinajstić information content (AvgIpc) is 1.85. The second-order valence-electron chi connectivity index (χ2n) is 2.28. The Kier molecular flexibility index (Phi) is 6.14. The van der Waals surface area contributed by atoms with Gasteiger partial charge in [0.1, 0.15) is 0 Å². The predicted octanol–water partition coefficient (Wildman–Crippen LogP) is 2.94. The van der Waals surface area contributed by atoms with Gasteiger partial charge in [0, 0.05) is 11.8 Å². The highest BCUT2D eigenvalue weighted by molar-refractivity contribution is 6.63. The van der Waals surface area contributed by atoms with Crippen molar-refractivity contribution >= 4 is 28.4 Å². The van der Waals surface area contributed by atoms with Crippen molar-refractivity contribution < 1.29 is 4.79 Å². The van der Waals surface area contributed by atoms with E-state index in [1.165, 1.54) is 0 Å². The summed E-state index contributed by atoms with van der Waals surface area (Å²) in [5.41, 5.74) is 0. The lowest BCUT2D eigenvalue weighted by Crippen LogP contribution is -1.99. The molecule has 0 saturated heterocycles. The molecule has 0 spiro atoms. The van der Waals surface area contributed by atoms with Crippen LogP contribution in [0.15, 0.2) is 0 Å². The summed E-state index contributed by atoms with van der Waals surface area (Å²) in [7, 11) is 0. The van der Waals surface area contributed by atoms with Crippen LogP contribution in [-0.2, 0) is 4.79 Å². The third kappa shape index (κ3) is 6.37. The summed E-state index contributed by atoms with van der Waals surface area (Å²) in [4.78, 5) is 10.3. The molecule has 0 aliphatic rings. The Morgan fingerprint density at radius 2 is 2.10 bits per heavy atom. The van der Waals surface area contributed by atoms with Crippen LogP contribution in [-0.4, -0.2) is 10.6 Å². The summed E-state index contributed by atoms with van der Waals surface area (Å²) in [5.74, 6) is 0. The topological polar surface area (TPSA) is 17.1 Å². The molecule has 3 heteroatoms. The second kappa shape index (κ2) is 5.99. The first-order valence-corrected chi connectivity index (χ1v) is 4.30. The van der Waals surface area contributed by atoms with E-state index in [2.05, 4.69) is 6.92 Å². The molecule has 0 saturated carbocycles. The molecule has 0 radical (unpaired) electrons. The van der Waals surface area contributed by atoms with Gasteiger partial charge in [-0.15, -0.1) is 11.6 Å². The molecule has 0 aromatic carbocycles. The summed E-state index contributed by atoms with van der Waals surface area (Å²) in [6.45, 7) is 2.07. The van der Waals surface area contributed by atoms with Crippen LogP contribution in [0.1, 0.15) is 32.6 Å². The Hall–Kier alpha value is 0.250. The molecule has 0 fully saturated rings. The van der Waals surface area contributed by atoms with Gasteiger partial charge in [-0.3, -0.25) is 4.79 Å². The minimum Gasteiger partial charge on any atom is -0.281 e. The maximum absolute atomic E-state index is 10.3. The van der Waals surface area contributed by atoms with E-state index in [-0.39, 0.29) is 10.6 Å². The van der Waals surface area contributed by atoms with Gasteiger partial charge in [-0.25, -0.2) is 0 Å². The SMILES string of the molecule is CCC[C@@H](Cl)CCC(=O)Cl. The zero-order valence-corrected chi connectivity index (χ0v) is 7.58. The Labute approximate surface area is 71.7 Å². The predicted molar refractivity (Wildman–Crippen MR) is 44.6 cm³/mol. The van der Waals surface area contributed by atoms with E-state index < -0.39 is 0 Å². The van der Waals surface area contributed by atoms with E-state index in [0.29, 0.717) is 12.8 Å². The van der Waals surface area contributed by atoms with E-state index in [1.54, 1.807) is 0 Å². The largest absolute Gasteiger partial charge is 0.281 e. The minimum absolute atomic E-state index is 0.118. The van der Waals surface area contributed by atoms with Crippen LogP contribution in [0.2, 0.25) is 0 Å². The standard InChI is InChI=1S/C7H12Cl2O/c1-2-3-6(8)4-5-7(9)10/h6H,2-5H2,1H3/t6-/m1/s1. The molecule has 0 heterocycles. The van der Waals surface area contributed by atoms with Gasteiger partial charge in [0.2, 0.25) is 5.24 Å². The minimum atomic E-state index is -0.290. The third-order valence-corrected chi connectivity index (χ3v) is 1.88. The molecule has 0 N–H and O–H groups in total. The lowest BCUT2D eigenvalue weighted by atomic mass is 10.1. The molecule has 1 atom stereocenters. The van der Waals surface area contributed by atoms with Crippen LogP contribution in [0.5, 0.6) is 0 Å². The van der Waals surface area contributed by atoms with Crippen LogP contribution in [0.3, 0.4) is 0 Å². The molecule has 1 nitrogen and oxygen atoms in total. The number of halogens is 2. The Bertz CT molecular complexity index is 104. The number of alkyl halides is 1. The zero-order chi connectivity index (χ0) is 7.98. The average molecular weight is 183 g/mol. The monoisotopic (exact) mass is 182 g/mol. The van der Waals surface area contributed by atoms with Crippen molar-refractivity contribution in [1.82, 2.24) is 0 Å². The van der Waals surface area contributed by atoms with E-state index in [1.807, 2.05) is 0 Å². The maximum atomic E-state index is 10.3. The van der Waals surface area contributed by atoms with Gasteiger partial charge in [-0.05, 0) is 24.4 Å². The molecule has 0 aromatic heterocycles. The fourth-order valence-electron chi connectivity index (χ4n) is 0.728. The van der Waals surface area contributed by atoms with Gasteiger partial charge in [-0.1, -0.05) is 13.3 Å². The van der Waals surface area contributed by atoms with Gasteiger partial charge in [0.05, 0.1) is 0 Å². The lowest BCUT2D eigenvalue weighted by Gasteiger charge is -2.03. The summed E-state index contributed by atoms with van der Waals surface area (Å²) in [6.07, 6.45) is 3.13. The zero-order valence-electron chi connectivity index (χ0n) is 6.07. The molecule has 10 heavy (non-hydrogen) atoms. The van der Waals surface area contributed by atoms with Crippen molar-refractivity contribution in [3.05, 3.63) is 0 Å². The van der Waals surface area contributed by atoms with Gasteiger partial charge in [-0.2, -0.15) is 0 Å². The first-order valence-electron chi connectivity index (χ1n) is 3.49. The molecule has 0 unspecified atom stereocenters. The number of hydrogen-bond donors (Lipinski definition) is 0. The highest BCUT2D eigenvalue weighted by atomic mass is 35.5. The number of carbonyl (C=O) groups excluding carboxylic acids is 1. The van der Waals surface area contributed by atoms with E-state index in [4.69, 9.17) is 23.2 Å². The number of carbonyl (C=O) groups is 1. The summed E-state index contributed by atoms with van der Waals surface area (Å²) in [6, 6.07) is 0. The molecule has 0 bridgehead atoms. The molecule has 0 aliphatic carbocycles. The van der Waals surface area contributed by atoms with Gasteiger partial charge < -0.3 is 0 Å². The fraction of sp³-hybridized carbons (Fsp3) is 0.857. The first kappa shape index (κ1) is 10.2. The molecule has 60 valence electrons. The quantitative estimate of drug-likeness (QED) is 0.473. The highest BCUT2D eigenvalue weighted by Gasteiger charge is 2.04. The van der Waals surface area contributed by atoms with Gasteiger partial charge in [0.25, 0.3) is 0 Å². The molecular weight excluding hydrogens is 171 g/mol. The van der Waals surface area contributed by atoms with Crippen molar-refractivity contribution in [2.75, 3.05) is 0 Å².